The van der Waals surface area contributed by atoms with Gasteiger partial charge in [0.05, 0.1) is 3.79 Å². The lowest BCUT2D eigenvalue weighted by Gasteiger charge is -2.05. The summed E-state index contributed by atoms with van der Waals surface area (Å²) in [5.74, 6) is 0. The van der Waals surface area contributed by atoms with Crippen LogP contribution in [0.4, 0.5) is 0 Å². The van der Waals surface area contributed by atoms with Crippen LogP contribution in [-0.4, -0.2) is 6.54 Å². The van der Waals surface area contributed by atoms with Crippen LogP contribution in [0.3, 0.4) is 0 Å². The second kappa shape index (κ2) is 4.72. The zero-order valence-electron chi connectivity index (χ0n) is 6.39. The first-order chi connectivity index (χ1) is 5.65. The Morgan fingerprint density at radius 2 is 2.17 bits per heavy atom. The Bertz CT molecular complexity index is 242. The molecule has 1 aromatic rings. The van der Waals surface area contributed by atoms with Gasteiger partial charge >= 0.3 is 0 Å². The fourth-order valence-corrected chi connectivity index (χ4v) is 2.99. The highest BCUT2D eigenvalue weighted by Crippen LogP contribution is 2.35. The molecule has 0 aliphatic heterocycles. The van der Waals surface area contributed by atoms with Gasteiger partial charge in [0.2, 0.25) is 0 Å². The summed E-state index contributed by atoms with van der Waals surface area (Å²) in [4.78, 5) is 1.17. The summed E-state index contributed by atoms with van der Waals surface area (Å²) in [7, 11) is 0. The molecule has 0 aliphatic carbocycles. The fourth-order valence-electron chi connectivity index (χ4n) is 0.868. The van der Waals surface area contributed by atoms with Gasteiger partial charge < -0.3 is 11.5 Å². The number of nitrogens with two attached hydrogens (primary N) is 2. The first kappa shape index (κ1) is 10.7. The molecule has 12 heavy (non-hydrogen) atoms. The Morgan fingerprint density at radius 3 is 2.58 bits per heavy atom. The van der Waals surface area contributed by atoms with E-state index in [-0.39, 0.29) is 6.04 Å². The quantitative estimate of drug-likeness (QED) is 0.901. The summed E-state index contributed by atoms with van der Waals surface area (Å²) in [6.45, 7) is 0.633. The van der Waals surface area contributed by atoms with Crippen LogP contribution in [0, 0.1) is 0 Å². The second-order valence-electron chi connectivity index (χ2n) is 2.45. The van der Waals surface area contributed by atoms with Crippen molar-refractivity contribution < 1.29 is 0 Å². The van der Waals surface area contributed by atoms with Crippen LogP contribution < -0.4 is 11.5 Å². The summed E-state index contributed by atoms with van der Waals surface area (Å²) in [6.07, 6.45) is 0.833. The smallest absolute Gasteiger partial charge is 0.0843 e. The Balaban J connectivity index is 2.74. The van der Waals surface area contributed by atoms with Crippen molar-refractivity contribution in [1.82, 2.24) is 0 Å². The van der Waals surface area contributed by atoms with Gasteiger partial charge in [-0.25, -0.2) is 0 Å². The van der Waals surface area contributed by atoms with Gasteiger partial charge in [-0.15, -0.1) is 11.3 Å². The molecule has 0 aliphatic rings. The van der Waals surface area contributed by atoms with Crippen LogP contribution in [0.1, 0.15) is 17.3 Å². The largest absolute Gasteiger partial charge is 0.330 e. The molecule has 1 aromatic heterocycles. The Morgan fingerprint density at radius 1 is 1.50 bits per heavy atom. The van der Waals surface area contributed by atoms with E-state index >= 15 is 0 Å². The van der Waals surface area contributed by atoms with Crippen LogP contribution >= 0.6 is 43.2 Å². The molecule has 0 amide bonds. The summed E-state index contributed by atoms with van der Waals surface area (Å²) in [5.41, 5.74) is 11.3. The SMILES string of the molecule is NCC[C@@H](N)c1cc(Br)c(Br)s1. The molecule has 0 saturated heterocycles. The summed E-state index contributed by atoms with van der Waals surface area (Å²) in [6, 6.07) is 2.11. The van der Waals surface area contributed by atoms with E-state index in [0.29, 0.717) is 6.54 Å². The first-order valence-corrected chi connectivity index (χ1v) is 5.95. The molecule has 68 valence electrons. The van der Waals surface area contributed by atoms with Crippen molar-refractivity contribution in [3.63, 3.8) is 0 Å². The highest BCUT2D eigenvalue weighted by atomic mass is 79.9. The molecule has 1 rings (SSSR count). The zero-order valence-corrected chi connectivity index (χ0v) is 10.4. The number of hydrogen-bond donors (Lipinski definition) is 2. The maximum absolute atomic E-state index is 5.88. The second-order valence-corrected chi connectivity index (χ2v) is 5.71. The van der Waals surface area contributed by atoms with Gasteiger partial charge in [-0.2, -0.15) is 0 Å². The summed E-state index contributed by atoms with van der Waals surface area (Å²) >= 11 is 8.48. The van der Waals surface area contributed by atoms with Crippen LogP contribution in [-0.2, 0) is 0 Å². The maximum atomic E-state index is 5.88. The lowest BCUT2D eigenvalue weighted by atomic mass is 10.2. The van der Waals surface area contributed by atoms with Crippen molar-refractivity contribution in [2.24, 2.45) is 11.5 Å². The minimum atomic E-state index is 0.0719. The van der Waals surface area contributed by atoms with Crippen molar-refractivity contribution in [3.05, 3.63) is 19.2 Å². The Kier molecular flexibility index (Phi) is 4.19. The van der Waals surface area contributed by atoms with Gasteiger partial charge in [-0.3, -0.25) is 0 Å². The lowest BCUT2D eigenvalue weighted by molar-refractivity contribution is 0.672. The van der Waals surface area contributed by atoms with Crippen molar-refractivity contribution in [2.45, 2.75) is 12.5 Å². The van der Waals surface area contributed by atoms with E-state index in [1.165, 1.54) is 4.88 Å². The van der Waals surface area contributed by atoms with Gasteiger partial charge in [-0.1, -0.05) is 0 Å². The van der Waals surface area contributed by atoms with E-state index in [2.05, 4.69) is 31.9 Å². The van der Waals surface area contributed by atoms with E-state index < -0.39 is 0 Å². The monoisotopic (exact) mass is 312 g/mol. The third-order valence-electron chi connectivity index (χ3n) is 1.51. The summed E-state index contributed by atoms with van der Waals surface area (Å²) < 4.78 is 2.15. The first-order valence-electron chi connectivity index (χ1n) is 3.55. The van der Waals surface area contributed by atoms with Crippen molar-refractivity contribution in [3.8, 4) is 0 Å². The number of hydrogen-bond acceptors (Lipinski definition) is 3. The minimum absolute atomic E-state index is 0.0719. The van der Waals surface area contributed by atoms with Crippen LogP contribution in [0.15, 0.2) is 14.3 Å². The molecule has 2 nitrogen and oxygen atoms in total. The molecule has 0 saturated carbocycles. The van der Waals surface area contributed by atoms with Crippen LogP contribution in [0.25, 0.3) is 0 Å². The van der Waals surface area contributed by atoms with E-state index in [0.717, 1.165) is 14.7 Å². The predicted molar refractivity (Wildman–Crippen MR) is 60.3 cm³/mol. The van der Waals surface area contributed by atoms with E-state index in [1.54, 1.807) is 11.3 Å². The van der Waals surface area contributed by atoms with Crippen LogP contribution in [0.5, 0.6) is 0 Å². The van der Waals surface area contributed by atoms with Gasteiger partial charge in [0.15, 0.2) is 0 Å². The molecule has 0 radical (unpaired) electrons. The maximum Gasteiger partial charge on any atom is 0.0843 e. The molecule has 1 heterocycles. The lowest BCUT2D eigenvalue weighted by Crippen LogP contribution is -2.13. The molecule has 0 aromatic carbocycles. The molecule has 0 unspecified atom stereocenters. The molecule has 0 bridgehead atoms. The Hall–Kier alpha value is 0.580. The number of halogens is 2. The van der Waals surface area contributed by atoms with Gasteiger partial charge in [0.1, 0.15) is 0 Å². The zero-order chi connectivity index (χ0) is 9.14. The molecular weight excluding hydrogens is 304 g/mol. The minimum Gasteiger partial charge on any atom is -0.330 e. The molecule has 0 fully saturated rings. The highest BCUT2D eigenvalue weighted by molar-refractivity contribution is 9.13. The third-order valence-corrected chi connectivity index (χ3v) is 4.90. The summed E-state index contributed by atoms with van der Waals surface area (Å²) in [5, 5.41) is 0. The van der Waals surface area contributed by atoms with Crippen LogP contribution in [0.2, 0.25) is 0 Å². The van der Waals surface area contributed by atoms with Crippen molar-refractivity contribution in [2.75, 3.05) is 6.54 Å². The van der Waals surface area contributed by atoms with Crippen molar-refractivity contribution in [1.29, 1.82) is 0 Å². The number of thiophene rings is 1. The molecular formula is C7H10Br2N2S. The van der Waals surface area contributed by atoms with Gasteiger partial charge in [0, 0.05) is 15.4 Å². The third kappa shape index (κ3) is 2.53. The van der Waals surface area contributed by atoms with E-state index in [4.69, 9.17) is 11.5 Å². The average Bonchev–Trinajstić information content (AvgIpc) is 2.33. The van der Waals surface area contributed by atoms with Gasteiger partial charge in [0.25, 0.3) is 0 Å². The Labute approximate surface area is 92.6 Å². The predicted octanol–water partition coefficient (Wildman–Crippen LogP) is 2.62. The molecule has 0 spiro atoms. The van der Waals surface area contributed by atoms with Crippen molar-refractivity contribution >= 4 is 43.2 Å². The molecule has 4 N–H and O–H groups in total. The van der Waals surface area contributed by atoms with E-state index in [9.17, 15) is 0 Å². The normalized spacial score (nSPS) is 13.3. The van der Waals surface area contributed by atoms with Gasteiger partial charge in [-0.05, 0) is 50.9 Å². The molecule has 5 heteroatoms. The topological polar surface area (TPSA) is 52.0 Å². The average molecular weight is 314 g/mol. The van der Waals surface area contributed by atoms with E-state index in [1.807, 2.05) is 6.07 Å². The number of rotatable bonds is 3. The molecule has 1 atom stereocenters. The standard InChI is InChI=1S/C7H10Br2N2S/c8-4-3-6(12-7(4)9)5(11)1-2-10/h3,5H,1-2,10-11H2/t5-/m1/s1. The fraction of sp³-hybridized carbons (Fsp3) is 0.429. The highest BCUT2D eigenvalue weighted by Gasteiger charge is 2.10.